The minimum Gasteiger partial charge on any atom is -0.364 e. The molecule has 1 fully saturated rings. The normalized spacial score (nSPS) is 20.5. The molecule has 1 atom stereocenters. The maximum absolute atomic E-state index is 11.8. The van der Waals surface area contributed by atoms with Gasteiger partial charge in [-0.1, -0.05) is 5.16 Å². The number of rotatable bonds is 5. The van der Waals surface area contributed by atoms with Crippen molar-refractivity contribution in [1.29, 1.82) is 0 Å². The summed E-state index contributed by atoms with van der Waals surface area (Å²) in [6, 6.07) is 0.314. The summed E-state index contributed by atoms with van der Waals surface area (Å²) in [5.41, 5.74) is 0. The van der Waals surface area contributed by atoms with E-state index < -0.39 is 12.8 Å². The molecule has 0 aliphatic carbocycles. The van der Waals surface area contributed by atoms with Gasteiger partial charge in [-0.2, -0.15) is 18.2 Å². The van der Waals surface area contributed by atoms with E-state index in [4.69, 9.17) is 4.52 Å². The topological polar surface area (TPSA) is 60.2 Å². The van der Waals surface area contributed by atoms with Gasteiger partial charge in [0.05, 0.1) is 0 Å². The summed E-state index contributed by atoms with van der Waals surface area (Å²) in [6.45, 7) is -0.623. The van der Waals surface area contributed by atoms with Crippen molar-refractivity contribution in [2.45, 2.75) is 38.1 Å². The molecule has 0 amide bonds. The Balaban J connectivity index is 1.75. The molecule has 1 N–H and O–H groups in total. The first kappa shape index (κ1) is 13.3. The fourth-order valence-electron chi connectivity index (χ4n) is 1.83. The van der Waals surface area contributed by atoms with Crippen LogP contribution in [0.15, 0.2) is 4.52 Å². The van der Waals surface area contributed by atoms with Crippen LogP contribution in [0.25, 0.3) is 0 Å². The van der Waals surface area contributed by atoms with Crippen LogP contribution >= 0.6 is 0 Å². The molecule has 8 heteroatoms. The lowest BCUT2D eigenvalue weighted by molar-refractivity contribution is -0.177. The van der Waals surface area contributed by atoms with E-state index in [0.29, 0.717) is 18.4 Å². The third-order valence-electron chi connectivity index (χ3n) is 2.59. The third-order valence-corrected chi connectivity index (χ3v) is 2.59. The lowest BCUT2D eigenvalue weighted by Gasteiger charge is -2.05. The number of nitrogens with one attached hydrogen (secondary N) is 1. The summed E-state index contributed by atoms with van der Waals surface area (Å²) in [6.07, 6.45) is -1.57. The third kappa shape index (κ3) is 4.26. The van der Waals surface area contributed by atoms with Gasteiger partial charge in [0, 0.05) is 12.5 Å². The second-order valence-electron chi connectivity index (χ2n) is 4.21. The standard InChI is InChI=1S/C10H14F3N3O2/c11-10(12,13)6-17-5-8-15-9(18-16-8)4-7-2-1-3-14-7/h7,14H,1-6H2. The first-order chi connectivity index (χ1) is 8.53. The number of hydrogen-bond donors (Lipinski definition) is 1. The highest BCUT2D eigenvalue weighted by atomic mass is 19.4. The Bertz CT molecular complexity index is 375. The summed E-state index contributed by atoms with van der Waals surface area (Å²) in [7, 11) is 0. The van der Waals surface area contributed by atoms with E-state index in [-0.39, 0.29) is 12.4 Å². The first-order valence-corrected chi connectivity index (χ1v) is 5.72. The van der Waals surface area contributed by atoms with E-state index in [1.165, 1.54) is 0 Å². The highest BCUT2D eigenvalue weighted by Crippen LogP contribution is 2.15. The zero-order valence-corrected chi connectivity index (χ0v) is 9.66. The van der Waals surface area contributed by atoms with Gasteiger partial charge in [0.25, 0.3) is 0 Å². The van der Waals surface area contributed by atoms with Gasteiger partial charge in [0.2, 0.25) is 5.89 Å². The number of halogens is 3. The Morgan fingerprint density at radius 1 is 1.44 bits per heavy atom. The molecule has 1 aliphatic rings. The lowest BCUT2D eigenvalue weighted by Crippen LogP contribution is -2.23. The molecule has 0 bridgehead atoms. The molecule has 1 aliphatic heterocycles. The maximum atomic E-state index is 11.8. The van der Waals surface area contributed by atoms with Crippen LogP contribution in [0, 0.1) is 0 Å². The van der Waals surface area contributed by atoms with Crippen molar-refractivity contribution in [3.63, 3.8) is 0 Å². The quantitative estimate of drug-likeness (QED) is 0.873. The summed E-state index contributed by atoms with van der Waals surface area (Å²) in [4.78, 5) is 3.98. The van der Waals surface area contributed by atoms with Crippen LogP contribution in [-0.4, -0.2) is 35.5 Å². The monoisotopic (exact) mass is 265 g/mol. The molecule has 18 heavy (non-hydrogen) atoms. The maximum Gasteiger partial charge on any atom is 0.411 e. The Kier molecular flexibility index (Phi) is 4.18. The van der Waals surface area contributed by atoms with Crippen LogP contribution in [0.1, 0.15) is 24.6 Å². The predicted molar refractivity (Wildman–Crippen MR) is 54.7 cm³/mol. The van der Waals surface area contributed by atoms with Crippen molar-refractivity contribution in [2.75, 3.05) is 13.2 Å². The van der Waals surface area contributed by atoms with Gasteiger partial charge >= 0.3 is 6.18 Å². The molecule has 1 aromatic heterocycles. The molecular formula is C10H14F3N3O2. The molecule has 0 radical (unpaired) electrons. The average molecular weight is 265 g/mol. The summed E-state index contributed by atoms with van der Waals surface area (Å²) in [5, 5.41) is 6.84. The fraction of sp³-hybridized carbons (Fsp3) is 0.800. The van der Waals surface area contributed by atoms with Gasteiger partial charge in [-0.3, -0.25) is 0 Å². The van der Waals surface area contributed by atoms with E-state index in [9.17, 15) is 13.2 Å². The van der Waals surface area contributed by atoms with Crippen molar-refractivity contribution in [2.24, 2.45) is 0 Å². The smallest absolute Gasteiger partial charge is 0.364 e. The Hall–Kier alpha value is -1.15. The van der Waals surface area contributed by atoms with Crippen LogP contribution in [0.2, 0.25) is 0 Å². The molecule has 0 aromatic carbocycles. The second-order valence-corrected chi connectivity index (χ2v) is 4.21. The predicted octanol–water partition coefficient (Wildman–Crippen LogP) is 1.44. The minimum atomic E-state index is -4.33. The van der Waals surface area contributed by atoms with Gasteiger partial charge in [-0.05, 0) is 19.4 Å². The molecule has 102 valence electrons. The number of ether oxygens (including phenoxy) is 1. The summed E-state index contributed by atoms with van der Waals surface area (Å²) in [5.74, 6) is 0.576. The lowest BCUT2D eigenvalue weighted by atomic mass is 10.2. The average Bonchev–Trinajstić information content (AvgIpc) is 2.89. The van der Waals surface area contributed by atoms with Crippen molar-refractivity contribution in [1.82, 2.24) is 15.5 Å². The van der Waals surface area contributed by atoms with Gasteiger partial charge < -0.3 is 14.6 Å². The zero-order chi connectivity index (χ0) is 13.0. The molecule has 5 nitrogen and oxygen atoms in total. The highest BCUT2D eigenvalue weighted by molar-refractivity contribution is 4.90. The van der Waals surface area contributed by atoms with Crippen molar-refractivity contribution in [3.8, 4) is 0 Å². The van der Waals surface area contributed by atoms with Gasteiger partial charge in [0.15, 0.2) is 5.82 Å². The molecule has 2 rings (SSSR count). The summed E-state index contributed by atoms with van der Waals surface area (Å²) >= 11 is 0. The highest BCUT2D eigenvalue weighted by Gasteiger charge is 2.27. The fourth-order valence-corrected chi connectivity index (χ4v) is 1.83. The summed E-state index contributed by atoms with van der Waals surface area (Å²) < 4.78 is 44.9. The molecule has 2 heterocycles. The van der Waals surface area contributed by atoms with E-state index in [1.807, 2.05) is 0 Å². The van der Waals surface area contributed by atoms with E-state index in [2.05, 4.69) is 20.2 Å². The number of alkyl halides is 3. The van der Waals surface area contributed by atoms with Crippen LogP contribution < -0.4 is 5.32 Å². The van der Waals surface area contributed by atoms with Crippen LogP contribution in [0.4, 0.5) is 13.2 Å². The van der Waals surface area contributed by atoms with Gasteiger partial charge in [0.1, 0.15) is 13.2 Å². The molecule has 1 saturated heterocycles. The van der Waals surface area contributed by atoms with E-state index in [1.54, 1.807) is 0 Å². The Morgan fingerprint density at radius 3 is 2.94 bits per heavy atom. The molecular weight excluding hydrogens is 251 g/mol. The van der Waals surface area contributed by atoms with Crippen molar-refractivity contribution >= 4 is 0 Å². The SMILES string of the molecule is FC(F)(F)COCc1noc(CC2CCCN2)n1. The number of aromatic nitrogens is 2. The largest absolute Gasteiger partial charge is 0.411 e. The second kappa shape index (κ2) is 5.66. The number of hydrogen-bond acceptors (Lipinski definition) is 5. The zero-order valence-electron chi connectivity index (χ0n) is 9.66. The Morgan fingerprint density at radius 2 is 2.28 bits per heavy atom. The van der Waals surface area contributed by atoms with Crippen molar-refractivity contribution < 1.29 is 22.4 Å². The molecule has 0 saturated carbocycles. The minimum absolute atomic E-state index is 0.146. The van der Waals surface area contributed by atoms with Gasteiger partial charge in [-0.15, -0.1) is 0 Å². The van der Waals surface area contributed by atoms with Gasteiger partial charge in [-0.25, -0.2) is 0 Å². The molecule has 1 aromatic rings. The van der Waals surface area contributed by atoms with Crippen LogP contribution in [0.3, 0.4) is 0 Å². The number of nitrogens with zero attached hydrogens (tertiary/aromatic N) is 2. The Labute approximate surface area is 102 Å². The molecule has 0 spiro atoms. The van der Waals surface area contributed by atoms with Crippen LogP contribution in [-0.2, 0) is 17.8 Å². The molecule has 1 unspecified atom stereocenters. The van der Waals surface area contributed by atoms with E-state index >= 15 is 0 Å². The van der Waals surface area contributed by atoms with E-state index in [0.717, 1.165) is 19.4 Å². The van der Waals surface area contributed by atoms with Crippen molar-refractivity contribution in [3.05, 3.63) is 11.7 Å². The first-order valence-electron chi connectivity index (χ1n) is 5.72. The van der Waals surface area contributed by atoms with Crippen LogP contribution in [0.5, 0.6) is 0 Å².